The van der Waals surface area contributed by atoms with E-state index in [2.05, 4.69) is 10.3 Å². The molecular formula is C17H34N4O7. The number of ether oxygens (including phenoxy) is 5. The highest BCUT2D eigenvalue weighted by molar-refractivity contribution is 5.85. The van der Waals surface area contributed by atoms with Gasteiger partial charge in [-0.1, -0.05) is 0 Å². The van der Waals surface area contributed by atoms with E-state index in [1.165, 1.54) is 0 Å². The SMILES string of the molecule is CCOC(=O)[C@H](CCCN=C(N)N)NC(=O)COCCOCCOCCOC. The largest absolute Gasteiger partial charge is 0.464 e. The lowest BCUT2D eigenvalue weighted by Crippen LogP contribution is -2.43. The van der Waals surface area contributed by atoms with Crippen molar-refractivity contribution in [3.63, 3.8) is 0 Å². The number of nitrogens with two attached hydrogens (primary N) is 2. The fraction of sp³-hybridized carbons (Fsp3) is 0.824. The van der Waals surface area contributed by atoms with Crippen LogP contribution in [0.3, 0.4) is 0 Å². The van der Waals surface area contributed by atoms with Gasteiger partial charge >= 0.3 is 5.97 Å². The Morgan fingerprint density at radius 3 is 2.18 bits per heavy atom. The van der Waals surface area contributed by atoms with Crippen LogP contribution in [0, 0.1) is 0 Å². The van der Waals surface area contributed by atoms with Crippen LogP contribution in [-0.4, -0.2) is 90.4 Å². The molecule has 0 aliphatic carbocycles. The molecule has 1 atom stereocenters. The molecule has 11 nitrogen and oxygen atoms in total. The predicted molar refractivity (Wildman–Crippen MR) is 103 cm³/mol. The van der Waals surface area contributed by atoms with Gasteiger partial charge in [0, 0.05) is 13.7 Å². The molecule has 0 radical (unpaired) electrons. The topological polar surface area (TPSA) is 157 Å². The summed E-state index contributed by atoms with van der Waals surface area (Å²) in [4.78, 5) is 27.7. The maximum atomic E-state index is 12.0. The number of guanidine groups is 1. The van der Waals surface area contributed by atoms with Crippen molar-refractivity contribution >= 4 is 17.8 Å². The van der Waals surface area contributed by atoms with Crippen LogP contribution >= 0.6 is 0 Å². The molecule has 0 unspecified atom stereocenters. The first-order valence-corrected chi connectivity index (χ1v) is 9.24. The molecule has 0 aromatic heterocycles. The molecule has 0 aliphatic rings. The Kier molecular flexibility index (Phi) is 17.1. The van der Waals surface area contributed by atoms with Gasteiger partial charge in [0.1, 0.15) is 12.6 Å². The summed E-state index contributed by atoms with van der Waals surface area (Å²) in [5, 5.41) is 2.60. The van der Waals surface area contributed by atoms with Crippen molar-refractivity contribution in [3.05, 3.63) is 0 Å². The van der Waals surface area contributed by atoms with Gasteiger partial charge in [0.15, 0.2) is 5.96 Å². The van der Waals surface area contributed by atoms with Crippen LogP contribution in [0.25, 0.3) is 0 Å². The highest BCUT2D eigenvalue weighted by Crippen LogP contribution is 2.01. The molecular weight excluding hydrogens is 372 g/mol. The zero-order chi connectivity index (χ0) is 21.0. The fourth-order valence-corrected chi connectivity index (χ4v) is 1.98. The van der Waals surface area contributed by atoms with Gasteiger partial charge in [0.25, 0.3) is 0 Å². The van der Waals surface area contributed by atoms with E-state index < -0.39 is 17.9 Å². The van der Waals surface area contributed by atoms with E-state index in [-0.39, 0.29) is 25.8 Å². The van der Waals surface area contributed by atoms with Gasteiger partial charge in [-0.2, -0.15) is 0 Å². The number of esters is 1. The summed E-state index contributed by atoms with van der Waals surface area (Å²) in [7, 11) is 1.61. The second-order valence-corrected chi connectivity index (χ2v) is 5.59. The quantitative estimate of drug-likeness (QED) is 0.110. The molecule has 0 saturated heterocycles. The van der Waals surface area contributed by atoms with Gasteiger partial charge < -0.3 is 40.5 Å². The minimum Gasteiger partial charge on any atom is -0.464 e. The summed E-state index contributed by atoms with van der Waals surface area (Å²) in [6.07, 6.45) is 0.871. The highest BCUT2D eigenvalue weighted by atomic mass is 16.6. The summed E-state index contributed by atoms with van der Waals surface area (Å²) in [6.45, 7) is 4.63. The van der Waals surface area contributed by atoms with Crippen molar-refractivity contribution in [1.29, 1.82) is 0 Å². The monoisotopic (exact) mass is 406 g/mol. The van der Waals surface area contributed by atoms with E-state index in [1.807, 2.05) is 0 Å². The van der Waals surface area contributed by atoms with E-state index in [0.29, 0.717) is 52.4 Å². The normalized spacial score (nSPS) is 11.6. The smallest absolute Gasteiger partial charge is 0.328 e. The fourth-order valence-electron chi connectivity index (χ4n) is 1.98. The second-order valence-electron chi connectivity index (χ2n) is 5.59. The Morgan fingerprint density at radius 2 is 1.61 bits per heavy atom. The molecule has 28 heavy (non-hydrogen) atoms. The lowest BCUT2D eigenvalue weighted by atomic mass is 10.1. The van der Waals surface area contributed by atoms with Gasteiger partial charge in [-0.25, -0.2) is 4.79 Å². The van der Waals surface area contributed by atoms with Crippen LogP contribution in [0.4, 0.5) is 0 Å². The van der Waals surface area contributed by atoms with Crippen LogP contribution in [0.1, 0.15) is 19.8 Å². The van der Waals surface area contributed by atoms with Gasteiger partial charge in [0.2, 0.25) is 5.91 Å². The zero-order valence-electron chi connectivity index (χ0n) is 16.8. The number of aliphatic imine (C=N–C) groups is 1. The number of hydrogen-bond donors (Lipinski definition) is 3. The molecule has 0 heterocycles. The standard InChI is InChI=1S/C17H34N4O7/c1-3-28-16(23)14(5-4-6-20-17(18)19)21-15(22)13-27-12-11-26-10-9-25-8-7-24-2/h14H,3-13H2,1-2H3,(H,21,22)(H4,18,19,20)/t14-/m0/s1. The summed E-state index contributed by atoms with van der Waals surface area (Å²) in [5.74, 6) is -0.936. The second kappa shape index (κ2) is 18.4. The minimum atomic E-state index is -0.772. The Hall–Kier alpha value is -1.95. The molecule has 11 heteroatoms. The molecule has 1 amide bonds. The van der Waals surface area contributed by atoms with Gasteiger partial charge in [0.05, 0.1) is 46.2 Å². The van der Waals surface area contributed by atoms with Crippen LogP contribution in [0.15, 0.2) is 4.99 Å². The molecule has 0 fully saturated rings. The molecule has 0 saturated carbocycles. The van der Waals surface area contributed by atoms with Crippen molar-refractivity contribution < 1.29 is 33.3 Å². The van der Waals surface area contributed by atoms with Crippen LogP contribution in [-0.2, 0) is 33.3 Å². The van der Waals surface area contributed by atoms with E-state index in [0.717, 1.165) is 0 Å². The van der Waals surface area contributed by atoms with E-state index in [1.54, 1.807) is 14.0 Å². The van der Waals surface area contributed by atoms with E-state index in [4.69, 9.17) is 35.2 Å². The number of carbonyl (C=O) groups is 2. The van der Waals surface area contributed by atoms with Crippen molar-refractivity contribution in [2.75, 3.05) is 66.5 Å². The third-order valence-electron chi connectivity index (χ3n) is 3.26. The summed E-state index contributed by atoms with van der Waals surface area (Å²) < 4.78 is 25.6. The molecule has 0 spiro atoms. The average Bonchev–Trinajstić information content (AvgIpc) is 2.65. The summed E-state index contributed by atoms with van der Waals surface area (Å²) in [5.41, 5.74) is 10.5. The average molecular weight is 406 g/mol. The van der Waals surface area contributed by atoms with Gasteiger partial charge in [-0.05, 0) is 19.8 Å². The van der Waals surface area contributed by atoms with Crippen LogP contribution in [0.2, 0.25) is 0 Å². The lowest BCUT2D eigenvalue weighted by molar-refractivity contribution is -0.148. The number of methoxy groups -OCH3 is 1. The van der Waals surface area contributed by atoms with E-state index >= 15 is 0 Å². The first-order chi connectivity index (χ1) is 13.5. The summed E-state index contributed by atoms with van der Waals surface area (Å²) in [6, 6.07) is -0.772. The maximum Gasteiger partial charge on any atom is 0.328 e. The van der Waals surface area contributed by atoms with Crippen molar-refractivity contribution in [2.24, 2.45) is 16.5 Å². The van der Waals surface area contributed by atoms with Crippen LogP contribution in [0.5, 0.6) is 0 Å². The van der Waals surface area contributed by atoms with Crippen molar-refractivity contribution in [1.82, 2.24) is 5.32 Å². The molecule has 0 rings (SSSR count). The summed E-state index contributed by atoms with van der Waals surface area (Å²) >= 11 is 0. The van der Waals surface area contributed by atoms with Crippen molar-refractivity contribution in [2.45, 2.75) is 25.8 Å². The molecule has 0 aromatic rings. The highest BCUT2D eigenvalue weighted by Gasteiger charge is 2.21. The zero-order valence-corrected chi connectivity index (χ0v) is 16.8. The molecule has 0 bridgehead atoms. The number of carbonyl (C=O) groups excluding carboxylic acids is 2. The van der Waals surface area contributed by atoms with Gasteiger partial charge in [-0.15, -0.1) is 0 Å². The molecule has 5 N–H and O–H groups in total. The minimum absolute atomic E-state index is 0.0196. The first-order valence-electron chi connectivity index (χ1n) is 9.24. The Labute approximate surface area is 166 Å². The number of nitrogens with one attached hydrogen (secondary N) is 1. The van der Waals surface area contributed by atoms with Gasteiger partial charge in [-0.3, -0.25) is 9.79 Å². The molecule has 0 aliphatic heterocycles. The predicted octanol–water partition coefficient (Wildman–Crippen LogP) is -1.22. The van der Waals surface area contributed by atoms with E-state index in [9.17, 15) is 9.59 Å². The van der Waals surface area contributed by atoms with Crippen molar-refractivity contribution in [3.8, 4) is 0 Å². The lowest BCUT2D eigenvalue weighted by Gasteiger charge is -2.17. The third kappa shape index (κ3) is 16.2. The molecule has 0 aromatic carbocycles. The Bertz CT molecular complexity index is 445. The number of rotatable bonds is 18. The third-order valence-corrected chi connectivity index (χ3v) is 3.26. The number of nitrogens with zero attached hydrogens (tertiary/aromatic N) is 1. The number of amides is 1. The van der Waals surface area contributed by atoms with Crippen LogP contribution < -0.4 is 16.8 Å². The molecule has 164 valence electrons. The number of hydrogen-bond acceptors (Lipinski definition) is 8. The Balaban J connectivity index is 3.94. The first kappa shape index (κ1) is 26.1. The maximum absolute atomic E-state index is 12.0. The Morgan fingerprint density at radius 1 is 1.00 bits per heavy atom.